The average molecular weight is 261 g/mol. The van der Waals surface area contributed by atoms with Gasteiger partial charge in [0.15, 0.2) is 0 Å². The molecule has 0 spiro atoms. The van der Waals surface area contributed by atoms with Crippen molar-refractivity contribution in [2.24, 2.45) is 5.41 Å². The Hall–Kier alpha value is -1.02. The maximum Gasteiger partial charge on any atom is 0.123 e. The van der Waals surface area contributed by atoms with Crippen molar-refractivity contribution in [3.05, 3.63) is 29.3 Å². The standard InChI is InChI=1S/C17H27NO/c1-6-17(4,5)16(18-7-2)13-8-9-15-14(11-13)10-12(3)19-15/h8-9,11-12,16,18H,6-7,10H2,1-5H3. The van der Waals surface area contributed by atoms with Gasteiger partial charge in [-0.05, 0) is 42.5 Å². The van der Waals surface area contributed by atoms with Gasteiger partial charge in [0.2, 0.25) is 0 Å². The van der Waals surface area contributed by atoms with Crippen LogP contribution in [0.4, 0.5) is 0 Å². The molecule has 2 heteroatoms. The Morgan fingerprint density at radius 3 is 2.74 bits per heavy atom. The number of nitrogens with one attached hydrogen (secondary N) is 1. The lowest BCUT2D eigenvalue weighted by Gasteiger charge is -2.34. The van der Waals surface area contributed by atoms with E-state index in [2.05, 4.69) is 58.1 Å². The largest absolute Gasteiger partial charge is 0.490 e. The highest BCUT2D eigenvalue weighted by molar-refractivity contribution is 5.42. The van der Waals surface area contributed by atoms with Crippen LogP contribution in [0, 0.1) is 5.41 Å². The van der Waals surface area contributed by atoms with Crippen LogP contribution in [0.25, 0.3) is 0 Å². The summed E-state index contributed by atoms with van der Waals surface area (Å²) in [4.78, 5) is 0. The SMILES string of the molecule is CCNC(c1ccc2c(c1)CC(C)O2)C(C)(C)CC. The Bertz CT molecular complexity index is 439. The van der Waals surface area contributed by atoms with Crippen LogP contribution in [0.2, 0.25) is 0 Å². The van der Waals surface area contributed by atoms with Crippen molar-refractivity contribution in [3.8, 4) is 5.75 Å². The van der Waals surface area contributed by atoms with E-state index in [-0.39, 0.29) is 5.41 Å². The maximum atomic E-state index is 5.79. The summed E-state index contributed by atoms with van der Waals surface area (Å²) in [6, 6.07) is 7.11. The van der Waals surface area contributed by atoms with Crippen molar-refractivity contribution < 1.29 is 4.74 Å². The van der Waals surface area contributed by atoms with E-state index in [1.807, 2.05) is 0 Å². The molecule has 0 radical (unpaired) electrons. The first-order valence-electron chi connectivity index (χ1n) is 7.50. The molecule has 0 aliphatic carbocycles. The Morgan fingerprint density at radius 2 is 2.11 bits per heavy atom. The summed E-state index contributed by atoms with van der Waals surface area (Å²) in [7, 11) is 0. The average Bonchev–Trinajstić information content (AvgIpc) is 2.74. The summed E-state index contributed by atoms with van der Waals surface area (Å²) in [5.74, 6) is 1.07. The van der Waals surface area contributed by atoms with E-state index < -0.39 is 0 Å². The lowest BCUT2D eigenvalue weighted by molar-refractivity contribution is 0.237. The van der Waals surface area contributed by atoms with E-state index in [1.165, 1.54) is 11.1 Å². The van der Waals surface area contributed by atoms with Crippen LogP contribution in [0.15, 0.2) is 18.2 Å². The van der Waals surface area contributed by atoms with E-state index in [0.717, 1.165) is 25.1 Å². The number of hydrogen-bond donors (Lipinski definition) is 1. The summed E-state index contributed by atoms with van der Waals surface area (Å²) in [6.07, 6.45) is 2.52. The van der Waals surface area contributed by atoms with Crippen molar-refractivity contribution in [2.75, 3.05) is 6.54 Å². The van der Waals surface area contributed by atoms with E-state index in [4.69, 9.17) is 4.74 Å². The van der Waals surface area contributed by atoms with Gasteiger partial charge in [0.1, 0.15) is 11.9 Å². The van der Waals surface area contributed by atoms with Crippen LogP contribution in [0.5, 0.6) is 5.75 Å². The molecule has 1 aliphatic rings. The minimum Gasteiger partial charge on any atom is -0.490 e. The maximum absolute atomic E-state index is 5.79. The Morgan fingerprint density at radius 1 is 1.37 bits per heavy atom. The molecule has 2 nitrogen and oxygen atoms in total. The quantitative estimate of drug-likeness (QED) is 0.861. The molecule has 1 aromatic rings. The van der Waals surface area contributed by atoms with Crippen LogP contribution in [0.1, 0.15) is 58.2 Å². The summed E-state index contributed by atoms with van der Waals surface area (Å²) < 4.78 is 5.79. The van der Waals surface area contributed by atoms with Crippen molar-refractivity contribution in [1.29, 1.82) is 0 Å². The second kappa shape index (κ2) is 5.54. The Balaban J connectivity index is 2.31. The first-order valence-corrected chi connectivity index (χ1v) is 7.50. The number of hydrogen-bond acceptors (Lipinski definition) is 2. The molecule has 19 heavy (non-hydrogen) atoms. The summed E-state index contributed by atoms with van der Waals surface area (Å²) in [5, 5.41) is 3.65. The fourth-order valence-electron chi connectivity index (χ4n) is 2.88. The van der Waals surface area contributed by atoms with Gasteiger partial charge >= 0.3 is 0 Å². The zero-order valence-corrected chi connectivity index (χ0v) is 12.9. The van der Waals surface area contributed by atoms with E-state index in [0.29, 0.717) is 12.1 Å². The number of fused-ring (bicyclic) bond motifs is 1. The molecule has 0 fully saturated rings. The van der Waals surface area contributed by atoms with Crippen molar-refractivity contribution >= 4 is 0 Å². The highest BCUT2D eigenvalue weighted by Crippen LogP contribution is 2.39. The molecular formula is C17H27NO. The van der Waals surface area contributed by atoms with Gasteiger partial charge in [-0.1, -0.05) is 39.8 Å². The molecule has 2 rings (SSSR count). The Kier molecular flexibility index (Phi) is 4.19. The summed E-state index contributed by atoms with van der Waals surface area (Å²) in [6.45, 7) is 12.3. The molecule has 106 valence electrons. The van der Waals surface area contributed by atoms with Crippen LogP contribution in [-0.4, -0.2) is 12.6 Å². The molecule has 1 N–H and O–H groups in total. The van der Waals surface area contributed by atoms with Crippen LogP contribution >= 0.6 is 0 Å². The molecule has 1 aromatic carbocycles. The molecule has 1 heterocycles. The third kappa shape index (κ3) is 2.94. The van der Waals surface area contributed by atoms with E-state index in [9.17, 15) is 0 Å². The lowest BCUT2D eigenvalue weighted by Crippen LogP contribution is -2.33. The molecular weight excluding hydrogens is 234 g/mol. The van der Waals surface area contributed by atoms with Crippen molar-refractivity contribution in [3.63, 3.8) is 0 Å². The molecule has 0 amide bonds. The normalized spacial score (nSPS) is 19.9. The third-order valence-corrected chi connectivity index (χ3v) is 4.35. The fourth-order valence-corrected chi connectivity index (χ4v) is 2.88. The second-order valence-electron chi connectivity index (χ2n) is 6.33. The molecule has 0 saturated heterocycles. The highest BCUT2D eigenvalue weighted by Gasteiger charge is 2.30. The van der Waals surface area contributed by atoms with Crippen molar-refractivity contribution in [2.45, 2.75) is 59.6 Å². The number of benzene rings is 1. The highest BCUT2D eigenvalue weighted by atomic mass is 16.5. The van der Waals surface area contributed by atoms with Crippen molar-refractivity contribution in [1.82, 2.24) is 5.32 Å². The molecule has 0 aromatic heterocycles. The summed E-state index contributed by atoms with van der Waals surface area (Å²) in [5.41, 5.74) is 3.01. The topological polar surface area (TPSA) is 21.3 Å². The minimum atomic E-state index is 0.259. The second-order valence-corrected chi connectivity index (χ2v) is 6.33. The van der Waals surface area contributed by atoms with E-state index >= 15 is 0 Å². The van der Waals surface area contributed by atoms with Gasteiger partial charge in [-0.25, -0.2) is 0 Å². The fraction of sp³-hybridized carbons (Fsp3) is 0.647. The van der Waals surface area contributed by atoms with Gasteiger partial charge in [0, 0.05) is 12.5 Å². The zero-order chi connectivity index (χ0) is 14.0. The number of ether oxygens (including phenoxy) is 1. The zero-order valence-electron chi connectivity index (χ0n) is 12.9. The van der Waals surface area contributed by atoms with Crippen LogP contribution < -0.4 is 10.1 Å². The van der Waals surface area contributed by atoms with Gasteiger partial charge < -0.3 is 10.1 Å². The third-order valence-electron chi connectivity index (χ3n) is 4.35. The lowest BCUT2D eigenvalue weighted by atomic mass is 9.78. The van der Waals surface area contributed by atoms with Crippen LogP contribution in [0.3, 0.4) is 0 Å². The predicted molar refractivity (Wildman–Crippen MR) is 80.7 cm³/mol. The first-order chi connectivity index (χ1) is 8.97. The van der Waals surface area contributed by atoms with E-state index in [1.54, 1.807) is 0 Å². The Labute approximate surface area is 117 Å². The smallest absolute Gasteiger partial charge is 0.123 e. The van der Waals surface area contributed by atoms with Gasteiger partial charge in [0.05, 0.1) is 0 Å². The minimum absolute atomic E-state index is 0.259. The molecule has 0 saturated carbocycles. The molecule has 2 unspecified atom stereocenters. The predicted octanol–water partition coefficient (Wildman–Crippen LogP) is 4.10. The number of rotatable bonds is 5. The first kappa shape index (κ1) is 14.4. The molecule has 0 bridgehead atoms. The van der Waals surface area contributed by atoms with Crippen LogP contribution in [-0.2, 0) is 6.42 Å². The van der Waals surface area contributed by atoms with Gasteiger partial charge in [-0.3, -0.25) is 0 Å². The molecule has 2 atom stereocenters. The van der Waals surface area contributed by atoms with Gasteiger partial charge in [-0.15, -0.1) is 0 Å². The monoisotopic (exact) mass is 261 g/mol. The van der Waals surface area contributed by atoms with Gasteiger partial charge in [-0.2, -0.15) is 0 Å². The summed E-state index contributed by atoms with van der Waals surface area (Å²) >= 11 is 0. The molecule has 1 aliphatic heterocycles. The van der Waals surface area contributed by atoms with Gasteiger partial charge in [0.25, 0.3) is 0 Å².